The molecule has 0 aromatic heterocycles. The van der Waals surface area contributed by atoms with E-state index in [0.717, 1.165) is 40.9 Å². The molecule has 27 heavy (non-hydrogen) atoms. The summed E-state index contributed by atoms with van der Waals surface area (Å²) >= 11 is 0. The number of imide groups is 1. The molecule has 1 aliphatic carbocycles. The minimum Gasteiger partial charge on any atom is -0.399 e. The zero-order chi connectivity index (χ0) is 19.1. The zero-order valence-electron chi connectivity index (χ0n) is 15.1. The average Bonchev–Trinajstić information content (AvgIpc) is 2.86. The normalized spacial score (nSPS) is 18.3. The van der Waals surface area contributed by atoms with Crippen LogP contribution in [0.25, 0.3) is 0 Å². The summed E-state index contributed by atoms with van der Waals surface area (Å²) < 4.78 is 0. The average molecular weight is 363 g/mol. The quantitative estimate of drug-likeness (QED) is 0.647. The first-order valence-corrected chi connectivity index (χ1v) is 9.08. The van der Waals surface area contributed by atoms with Crippen molar-refractivity contribution in [2.75, 3.05) is 12.3 Å². The predicted molar refractivity (Wildman–Crippen MR) is 101 cm³/mol. The van der Waals surface area contributed by atoms with Crippen molar-refractivity contribution in [3.05, 3.63) is 64.2 Å². The number of hydrogen-bond donors (Lipinski definition) is 2. The van der Waals surface area contributed by atoms with Crippen molar-refractivity contribution in [3.63, 3.8) is 0 Å². The van der Waals surface area contributed by atoms with Crippen LogP contribution in [0.5, 0.6) is 0 Å². The molecule has 0 spiro atoms. The Kier molecular flexibility index (Phi) is 4.18. The molecule has 1 unspecified atom stereocenters. The number of nitrogen functional groups attached to an aromatic ring is 1. The van der Waals surface area contributed by atoms with Crippen LogP contribution < -0.4 is 11.1 Å². The Labute approximate surface area is 157 Å². The lowest BCUT2D eigenvalue weighted by atomic mass is 9.87. The molecule has 0 saturated heterocycles. The van der Waals surface area contributed by atoms with E-state index < -0.39 is 11.8 Å². The smallest absolute Gasteiger partial charge is 0.262 e. The standard InChI is InChI=1S/C21H21N3O3/c1-12-5-7-16-17(9-12)21(27)24(20(16)26)11-19(25)23-18-4-2-3-13-10-14(22)6-8-15(13)18/h5-10,18H,2-4,11,22H2,1H3,(H,23,25). The van der Waals surface area contributed by atoms with Crippen LogP contribution in [0.2, 0.25) is 0 Å². The molecule has 0 radical (unpaired) electrons. The molecule has 1 heterocycles. The highest BCUT2D eigenvalue weighted by molar-refractivity contribution is 6.22. The third-order valence-corrected chi connectivity index (χ3v) is 5.24. The lowest BCUT2D eigenvalue weighted by Crippen LogP contribution is -2.42. The Balaban J connectivity index is 1.48. The molecule has 2 aromatic carbocycles. The molecule has 4 rings (SSSR count). The first-order chi connectivity index (χ1) is 12.9. The van der Waals surface area contributed by atoms with Crippen LogP contribution in [0, 0.1) is 6.92 Å². The van der Waals surface area contributed by atoms with Crippen molar-refractivity contribution in [1.82, 2.24) is 10.2 Å². The van der Waals surface area contributed by atoms with Crippen LogP contribution in [-0.2, 0) is 11.2 Å². The van der Waals surface area contributed by atoms with Gasteiger partial charge in [0.25, 0.3) is 11.8 Å². The van der Waals surface area contributed by atoms with Gasteiger partial charge in [0.1, 0.15) is 6.54 Å². The maximum Gasteiger partial charge on any atom is 0.262 e. The summed E-state index contributed by atoms with van der Waals surface area (Å²) in [6.45, 7) is 1.59. The van der Waals surface area contributed by atoms with E-state index in [1.165, 1.54) is 0 Å². The summed E-state index contributed by atoms with van der Waals surface area (Å²) in [6, 6.07) is 10.7. The third kappa shape index (κ3) is 3.07. The SMILES string of the molecule is Cc1ccc2c(c1)C(=O)N(CC(=O)NC1CCCc3cc(N)ccc31)C2=O. The molecule has 3 N–H and O–H groups in total. The molecular formula is C21H21N3O3. The zero-order valence-corrected chi connectivity index (χ0v) is 15.1. The maximum atomic E-state index is 12.6. The van der Waals surface area contributed by atoms with Crippen LogP contribution in [0.4, 0.5) is 5.69 Å². The molecule has 2 aliphatic rings. The van der Waals surface area contributed by atoms with E-state index in [0.29, 0.717) is 16.8 Å². The molecule has 0 fully saturated rings. The molecule has 3 amide bonds. The Morgan fingerprint density at radius 2 is 1.93 bits per heavy atom. The van der Waals surface area contributed by atoms with Gasteiger partial charge in [-0.2, -0.15) is 0 Å². The second-order valence-corrected chi connectivity index (χ2v) is 7.22. The predicted octanol–water partition coefficient (Wildman–Crippen LogP) is 2.37. The maximum absolute atomic E-state index is 12.6. The van der Waals surface area contributed by atoms with Crippen molar-refractivity contribution in [2.24, 2.45) is 0 Å². The minimum atomic E-state index is -0.415. The van der Waals surface area contributed by atoms with E-state index in [1.54, 1.807) is 18.2 Å². The van der Waals surface area contributed by atoms with Crippen molar-refractivity contribution < 1.29 is 14.4 Å². The van der Waals surface area contributed by atoms with E-state index in [1.807, 2.05) is 25.1 Å². The van der Waals surface area contributed by atoms with Gasteiger partial charge in [0.2, 0.25) is 5.91 Å². The summed E-state index contributed by atoms with van der Waals surface area (Å²) in [5.41, 5.74) is 10.4. The number of rotatable bonds is 3. The Morgan fingerprint density at radius 1 is 1.15 bits per heavy atom. The van der Waals surface area contributed by atoms with Crippen LogP contribution in [0.3, 0.4) is 0 Å². The van der Waals surface area contributed by atoms with Gasteiger partial charge in [0.15, 0.2) is 0 Å². The minimum absolute atomic E-state index is 0.126. The second-order valence-electron chi connectivity index (χ2n) is 7.22. The number of benzene rings is 2. The second kappa shape index (κ2) is 6.54. The lowest BCUT2D eigenvalue weighted by Gasteiger charge is -2.27. The van der Waals surface area contributed by atoms with E-state index in [-0.39, 0.29) is 18.5 Å². The summed E-state index contributed by atoms with van der Waals surface area (Å²) in [5.74, 6) is -1.16. The number of anilines is 1. The van der Waals surface area contributed by atoms with Gasteiger partial charge >= 0.3 is 0 Å². The van der Waals surface area contributed by atoms with Crippen LogP contribution >= 0.6 is 0 Å². The van der Waals surface area contributed by atoms with Gasteiger partial charge < -0.3 is 11.1 Å². The van der Waals surface area contributed by atoms with E-state index in [4.69, 9.17) is 5.73 Å². The number of fused-ring (bicyclic) bond motifs is 2. The largest absolute Gasteiger partial charge is 0.399 e. The lowest BCUT2D eigenvalue weighted by molar-refractivity contribution is -0.122. The van der Waals surface area contributed by atoms with Crippen molar-refractivity contribution in [3.8, 4) is 0 Å². The van der Waals surface area contributed by atoms with Crippen LogP contribution in [-0.4, -0.2) is 29.2 Å². The van der Waals surface area contributed by atoms with Gasteiger partial charge in [0, 0.05) is 5.69 Å². The molecule has 1 aliphatic heterocycles. The van der Waals surface area contributed by atoms with E-state index >= 15 is 0 Å². The molecular weight excluding hydrogens is 342 g/mol. The first-order valence-electron chi connectivity index (χ1n) is 9.08. The summed E-state index contributed by atoms with van der Waals surface area (Å²) in [6.07, 6.45) is 2.71. The first kappa shape index (κ1) is 17.3. The van der Waals surface area contributed by atoms with E-state index in [2.05, 4.69) is 5.32 Å². The van der Waals surface area contributed by atoms with Crippen molar-refractivity contribution in [2.45, 2.75) is 32.2 Å². The van der Waals surface area contributed by atoms with Gasteiger partial charge in [-0.3, -0.25) is 19.3 Å². The number of hydrogen-bond acceptors (Lipinski definition) is 4. The molecule has 6 nitrogen and oxygen atoms in total. The molecule has 6 heteroatoms. The number of aryl methyl sites for hydroxylation is 2. The Morgan fingerprint density at radius 3 is 2.74 bits per heavy atom. The number of nitrogens with two attached hydrogens (primary N) is 1. The molecule has 0 saturated carbocycles. The number of nitrogens with one attached hydrogen (secondary N) is 1. The number of carbonyl (C=O) groups excluding carboxylic acids is 3. The van der Waals surface area contributed by atoms with Gasteiger partial charge in [-0.25, -0.2) is 0 Å². The fourth-order valence-corrected chi connectivity index (χ4v) is 3.92. The van der Waals surface area contributed by atoms with Gasteiger partial charge in [0.05, 0.1) is 17.2 Å². The summed E-state index contributed by atoms with van der Waals surface area (Å²) in [5, 5.41) is 2.97. The molecule has 138 valence electrons. The van der Waals surface area contributed by atoms with Crippen LogP contribution in [0.1, 0.15) is 56.3 Å². The van der Waals surface area contributed by atoms with Gasteiger partial charge in [-0.15, -0.1) is 0 Å². The Bertz CT molecular complexity index is 967. The van der Waals surface area contributed by atoms with Gasteiger partial charge in [-0.05, 0) is 61.6 Å². The molecule has 0 bridgehead atoms. The third-order valence-electron chi connectivity index (χ3n) is 5.24. The van der Waals surface area contributed by atoms with E-state index in [9.17, 15) is 14.4 Å². The van der Waals surface area contributed by atoms with Crippen LogP contribution in [0.15, 0.2) is 36.4 Å². The van der Waals surface area contributed by atoms with Crippen molar-refractivity contribution >= 4 is 23.4 Å². The summed E-state index contributed by atoms with van der Waals surface area (Å²) in [7, 11) is 0. The number of carbonyl (C=O) groups is 3. The fraction of sp³-hybridized carbons (Fsp3) is 0.286. The Hall–Kier alpha value is -3.15. The molecule has 2 aromatic rings. The highest BCUT2D eigenvalue weighted by Crippen LogP contribution is 2.31. The van der Waals surface area contributed by atoms with Gasteiger partial charge in [-0.1, -0.05) is 17.7 Å². The summed E-state index contributed by atoms with van der Waals surface area (Å²) in [4.78, 5) is 38.6. The highest BCUT2D eigenvalue weighted by atomic mass is 16.2. The number of nitrogens with zero attached hydrogens (tertiary/aromatic N) is 1. The number of amides is 3. The monoisotopic (exact) mass is 363 g/mol. The highest BCUT2D eigenvalue weighted by Gasteiger charge is 2.37. The van der Waals surface area contributed by atoms with Crippen molar-refractivity contribution in [1.29, 1.82) is 0 Å². The molecule has 1 atom stereocenters. The topological polar surface area (TPSA) is 92.5 Å². The fourth-order valence-electron chi connectivity index (χ4n) is 3.92.